The number of amides is 3. The van der Waals surface area contributed by atoms with Gasteiger partial charge >= 0.3 is 0 Å². The van der Waals surface area contributed by atoms with Gasteiger partial charge in [-0.05, 0) is 42.0 Å². The van der Waals surface area contributed by atoms with E-state index in [1.807, 2.05) is 18.4 Å². The van der Waals surface area contributed by atoms with Crippen molar-refractivity contribution in [3.05, 3.63) is 46.7 Å². The Labute approximate surface area is 148 Å². The van der Waals surface area contributed by atoms with Crippen LogP contribution in [0.3, 0.4) is 0 Å². The van der Waals surface area contributed by atoms with Gasteiger partial charge in [-0.2, -0.15) is 0 Å². The molecule has 0 radical (unpaired) electrons. The minimum atomic E-state index is -0.423. The number of thiophene rings is 1. The summed E-state index contributed by atoms with van der Waals surface area (Å²) in [7, 11) is 0. The molecule has 0 saturated heterocycles. The molecule has 1 aromatic carbocycles. The van der Waals surface area contributed by atoms with Crippen LogP contribution >= 0.6 is 23.1 Å². The van der Waals surface area contributed by atoms with Crippen LogP contribution in [0.2, 0.25) is 0 Å². The normalized spacial score (nSPS) is 10.0. The standard InChI is InChI=1S/C16H17N3O3S2/c1-23-12-6-4-11(5-7-12)19-15(21)10-17-14(20)9-18-16(22)13-3-2-8-24-13/h2-8H,9-10H2,1H3,(H,17,20)(H,18,22)(H,19,21). The van der Waals surface area contributed by atoms with Gasteiger partial charge in [0.2, 0.25) is 11.8 Å². The van der Waals surface area contributed by atoms with Crippen molar-refractivity contribution in [2.75, 3.05) is 24.7 Å². The maximum Gasteiger partial charge on any atom is 0.261 e. The fourth-order valence-corrected chi connectivity index (χ4v) is 2.82. The van der Waals surface area contributed by atoms with Crippen molar-refractivity contribution >= 4 is 46.5 Å². The third-order valence-electron chi connectivity index (χ3n) is 2.97. The fourth-order valence-electron chi connectivity index (χ4n) is 1.78. The Morgan fingerprint density at radius 2 is 1.71 bits per heavy atom. The second kappa shape index (κ2) is 9.09. The molecule has 0 bridgehead atoms. The molecule has 0 saturated carbocycles. The molecule has 0 aliphatic rings. The first-order chi connectivity index (χ1) is 11.6. The van der Waals surface area contributed by atoms with Crippen LogP contribution in [-0.2, 0) is 9.59 Å². The minimum Gasteiger partial charge on any atom is -0.345 e. The van der Waals surface area contributed by atoms with Gasteiger partial charge in [-0.25, -0.2) is 0 Å². The van der Waals surface area contributed by atoms with Crippen molar-refractivity contribution in [1.82, 2.24) is 10.6 Å². The van der Waals surface area contributed by atoms with E-state index >= 15 is 0 Å². The topological polar surface area (TPSA) is 87.3 Å². The molecule has 2 rings (SSSR count). The summed E-state index contributed by atoms with van der Waals surface area (Å²) in [5.74, 6) is -1.06. The molecule has 126 valence electrons. The quantitative estimate of drug-likeness (QED) is 0.656. The Balaban J connectivity index is 1.68. The van der Waals surface area contributed by atoms with E-state index in [0.717, 1.165) is 4.90 Å². The zero-order valence-electron chi connectivity index (χ0n) is 13.0. The number of hydrogen-bond acceptors (Lipinski definition) is 5. The summed E-state index contributed by atoms with van der Waals surface area (Å²) < 4.78 is 0. The van der Waals surface area contributed by atoms with E-state index in [2.05, 4.69) is 16.0 Å². The summed E-state index contributed by atoms with van der Waals surface area (Å²) >= 11 is 2.91. The first-order valence-electron chi connectivity index (χ1n) is 7.11. The SMILES string of the molecule is CSc1ccc(NC(=O)CNC(=O)CNC(=O)c2cccs2)cc1. The lowest BCUT2D eigenvalue weighted by molar-refractivity contribution is -0.123. The third kappa shape index (κ3) is 5.71. The maximum atomic E-state index is 11.8. The molecule has 0 unspecified atom stereocenters. The molecule has 3 amide bonds. The van der Waals surface area contributed by atoms with Gasteiger partial charge in [-0.3, -0.25) is 14.4 Å². The molecule has 0 fully saturated rings. The molecule has 3 N–H and O–H groups in total. The molecule has 8 heteroatoms. The van der Waals surface area contributed by atoms with Crippen molar-refractivity contribution < 1.29 is 14.4 Å². The lowest BCUT2D eigenvalue weighted by atomic mass is 10.3. The van der Waals surface area contributed by atoms with Gasteiger partial charge in [0.05, 0.1) is 18.0 Å². The molecule has 0 aliphatic carbocycles. The van der Waals surface area contributed by atoms with Gasteiger partial charge in [0.1, 0.15) is 0 Å². The number of carbonyl (C=O) groups excluding carboxylic acids is 3. The Morgan fingerprint density at radius 1 is 1.00 bits per heavy atom. The molecule has 6 nitrogen and oxygen atoms in total. The summed E-state index contributed by atoms with van der Waals surface area (Å²) in [6.45, 7) is -0.329. The Hall–Kier alpha value is -2.32. The van der Waals surface area contributed by atoms with E-state index in [1.165, 1.54) is 11.3 Å². The monoisotopic (exact) mass is 363 g/mol. The molecule has 0 aliphatic heterocycles. The van der Waals surface area contributed by atoms with Gasteiger partial charge in [-0.15, -0.1) is 23.1 Å². The summed E-state index contributed by atoms with van der Waals surface area (Å²) in [6, 6.07) is 10.8. The van der Waals surface area contributed by atoms with Crippen molar-refractivity contribution in [2.24, 2.45) is 0 Å². The average molecular weight is 363 g/mol. The molecule has 24 heavy (non-hydrogen) atoms. The number of benzene rings is 1. The average Bonchev–Trinajstić information content (AvgIpc) is 3.13. The van der Waals surface area contributed by atoms with Gasteiger partial charge in [0.25, 0.3) is 5.91 Å². The van der Waals surface area contributed by atoms with Gasteiger partial charge in [0.15, 0.2) is 0 Å². The zero-order chi connectivity index (χ0) is 17.4. The van der Waals surface area contributed by atoms with Crippen LogP contribution in [0.1, 0.15) is 9.67 Å². The number of hydrogen-bond donors (Lipinski definition) is 3. The van der Waals surface area contributed by atoms with E-state index in [9.17, 15) is 14.4 Å². The lowest BCUT2D eigenvalue weighted by Crippen LogP contribution is -2.40. The van der Waals surface area contributed by atoms with Crippen LogP contribution in [0.25, 0.3) is 0 Å². The molecule has 0 atom stereocenters. The van der Waals surface area contributed by atoms with Gasteiger partial charge in [-0.1, -0.05) is 6.07 Å². The van der Waals surface area contributed by atoms with Crippen LogP contribution in [0.4, 0.5) is 5.69 Å². The Bertz CT molecular complexity index is 700. The van der Waals surface area contributed by atoms with Crippen LogP contribution in [0.5, 0.6) is 0 Å². The van der Waals surface area contributed by atoms with Gasteiger partial charge < -0.3 is 16.0 Å². The van der Waals surface area contributed by atoms with Crippen LogP contribution in [0, 0.1) is 0 Å². The van der Waals surface area contributed by atoms with Crippen LogP contribution in [-0.4, -0.2) is 37.1 Å². The van der Waals surface area contributed by atoms with E-state index < -0.39 is 5.91 Å². The van der Waals surface area contributed by atoms with Crippen molar-refractivity contribution in [3.8, 4) is 0 Å². The number of thioether (sulfide) groups is 1. The summed E-state index contributed by atoms with van der Waals surface area (Å²) in [5.41, 5.74) is 0.665. The van der Waals surface area contributed by atoms with Crippen molar-refractivity contribution in [3.63, 3.8) is 0 Å². The smallest absolute Gasteiger partial charge is 0.261 e. The third-order valence-corrected chi connectivity index (χ3v) is 4.59. The Morgan fingerprint density at radius 3 is 2.33 bits per heavy atom. The largest absolute Gasteiger partial charge is 0.345 e. The maximum absolute atomic E-state index is 11.8. The number of rotatable bonds is 7. The predicted molar refractivity (Wildman–Crippen MR) is 96.5 cm³/mol. The predicted octanol–water partition coefficient (Wildman–Crippen LogP) is 1.95. The van der Waals surface area contributed by atoms with E-state index in [4.69, 9.17) is 0 Å². The number of carbonyl (C=O) groups is 3. The Kier molecular flexibility index (Phi) is 6.83. The second-order valence-electron chi connectivity index (χ2n) is 4.71. The van der Waals surface area contributed by atoms with Gasteiger partial charge in [0, 0.05) is 10.6 Å². The highest BCUT2D eigenvalue weighted by Gasteiger charge is 2.10. The van der Waals surface area contributed by atoms with E-state index in [-0.39, 0.29) is 24.9 Å². The number of nitrogens with one attached hydrogen (secondary N) is 3. The highest BCUT2D eigenvalue weighted by molar-refractivity contribution is 7.98. The summed E-state index contributed by atoms with van der Waals surface area (Å²) in [5, 5.41) is 9.43. The zero-order valence-corrected chi connectivity index (χ0v) is 14.6. The van der Waals surface area contributed by atoms with E-state index in [1.54, 1.807) is 41.4 Å². The van der Waals surface area contributed by atoms with Crippen molar-refractivity contribution in [2.45, 2.75) is 4.90 Å². The lowest BCUT2D eigenvalue weighted by Gasteiger charge is -2.08. The molecule has 0 spiro atoms. The molecule has 1 heterocycles. The summed E-state index contributed by atoms with van der Waals surface area (Å²) in [6.07, 6.45) is 1.97. The van der Waals surface area contributed by atoms with Crippen LogP contribution in [0.15, 0.2) is 46.7 Å². The van der Waals surface area contributed by atoms with Crippen LogP contribution < -0.4 is 16.0 Å². The minimum absolute atomic E-state index is 0.155. The van der Waals surface area contributed by atoms with E-state index in [0.29, 0.717) is 10.6 Å². The molecular formula is C16H17N3O3S2. The number of anilines is 1. The summed E-state index contributed by atoms with van der Waals surface area (Å²) in [4.78, 5) is 36.7. The molecule has 1 aromatic heterocycles. The highest BCUT2D eigenvalue weighted by Crippen LogP contribution is 2.17. The first kappa shape index (κ1) is 18.0. The first-order valence-corrected chi connectivity index (χ1v) is 9.21. The second-order valence-corrected chi connectivity index (χ2v) is 6.54. The molecular weight excluding hydrogens is 346 g/mol. The van der Waals surface area contributed by atoms with Crippen molar-refractivity contribution in [1.29, 1.82) is 0 Å². The highest BCUT2D eigenvalue weighted by atomic mass is 32.2. The molecule has 2 aromatic rings. The fraction of sp³-hybridized carbons (Fsp3) is 0.188.